The first kappa shape index (κ1) is 12.8. The number of anilines is 1. The quantitative estimate of drug-likeness (QED) is 0.487. The van der Waals surface area contributed by atoms with Crippen LogP contribution in [0.25, 0.3) is 0 Å². The Morgan fingerprint density at radius 3 is 2.81 bits per heavy atom. The monoisotopic (exact) mass is 240 g/mol. The molecule has 0 aliphatic heterocycles. The van der Waals surface area contributed by atoms with Crippen LogP contribution in [0.3, 0.4) is 0 Å². The van der Waals surface area contributed by atoms with Crippen LogP contribution >= 0.6 is 11.8 Å². The fraction of sp³-hybridized carbons (Fsp3) is 0.455. The van der Waals surface area contributed by atoms with E-state index in [-0.39, 0.29) is 5.69 Å². The molecule has 0 amide bonds. The first-order chi connectivity index (χ1) is 7.54. The number of benzene rings is 1. The molecule has 2 N–H and O–H groups in total. The smallest absolute Gasteiger partial charge is 0.269 e. The summed E-state index contributed by atoms with van der Waals surface area (Å²) < 4.78 is 0. The Bertz CT molecular complexity index is 382. The lowest BCUT2D eigenvalue weighted by molar-refractivity contribution is -0.384. The minimum Gasteiger partial charge on any atom is -0.398 e. The van der Waals surface area contributed by atoms with Crippen molar-refractivity contribution in [1.29, 1.82) is 0 Å². The number of nitrogens with zero attached hydrogens (tertiary/aromatic N) is 1. The molecule has 88 valence electrons. The number of nitro benzene ring substituents is 1. The van der Waals surface area contributed by atoms with Crippen molar-refractivity contribution in [2.24, 2.45) is 0 Å². The summed E-state index contributed by atoms with van der Waals surface area (Å²) in [6, 6.07) is 4.60. The second kappa shape index (κ2) is 5.75. The molecule has 0 radical (unpaired) electrons. The van der Waals surface area contributed by atoms with Gasteiger partial charge in [0, 0.05) is 28.8 Å². The van der Waals surface area contributed by atoms with Crippen LogP contribution < -0.4 is 5.73 Å². The lowest BCUT2D eigenvalue weighted by Crippen LogP contribution is -1.98. The van der Waals surface area contributed by atoms with Gasteiger partial charge in [0.25, 0.3) is 5.69 Å². The van der Waals surface area contributed by atoms with Gasteiger partial charge in [-0.1, -0.05) is 13.8 Å². The zero-order valence-electron chi connectivity index (χ0n) is 9.47. The van der Waals surface area contributed by atoms with E-state index < -0.39 is 4.92 Å². The highest BCUT2D eigenvalue weighted by molar-refractivity contribution is 7.99. The molecule has 0 heterocycles. The predicted molar refractivity (Wildman–Crippen MR) is 68.6 cm³/mol. The molecule has 1 unspecified atom stereocenters. The lowest BCUT2D eigenvalue weighted by atomic mass is 10.2. The van der Waals surface area contributed by atoms with Crippen molar-refractivity contribution in [3.8, 4) is 0 Å². The van der Waals surface area contributed by atoms with E-state index in [2.05, 4.69) is 13.8 Å². The van der Waals surface area contributed by atoms with E-state index in [4.69, 9.17) is 5.73 Å². The highest BCUT2D eigenvalue weighted by Gasteiger charge is 2.10. The van der Waals surface area contributed by atoms with E-state index in [1.807, 2.05) is 0 Å². The van der Waals surface area contributed by atoms with Gasteiger partial charge in [0.1, 0.15) is 0 Å². The Morgan fingerprint density at radius 2 is 2.25 bits per heavy atom. The van der Waals surface area contributed by atoms with Gasteiger partial charge in [-0.3, -0.25) is 10.1 Å². The second-order valence-electron chi connectivity index (χ2n) is 3.67. The summed E-state index contributed by atoms with van der Waals surface area (Å²) >= 11 is 1.76. The molecule has 5 heteroatoms. The Morgan fingerprint density at radius 1 is 1.56 bits per heavy atom. The van der Waals surface area contributed by atoms with Crippen molar-refractivity contribution in [2.75, 3.05) is 5.73 Å². The summed E-state index contributed by atoms with van der Waals surface area (Å²) in [4.78, 5) is 10.2. The molecule has 0 saturated heterocycles. The van der Waals surface area contributed by atoms with Crippen molar-refractivity contribution in [3.63, 3.8) is 0 Å². The summed E-state index contributed by atoms with van der Waals surface area (Å²) in [5.74, 6) is 0.725. The number of rotatable bonds is 5. The van der Waals surface area contributed by atoms with E-state index in [0.29, 0.717) is 10.9 Å². The molecule has 0 fully saturated rings. The SMILES string of the molecule is CCC(C)SCc1cc([N+](=O)[O-])ccc1N. The third-order valence-corrected chi connectivity index (χ3v) is 3.82. The molecule has 4 nitrogen and oxygen atoms in total. The van der Waals surface area contributed by atoms with Crippen molar-refractivity contribution in [3.05, 3.63) is 33.9 Å². The predicted octanol–water partition coefficient (Wildman–Crippen LogP) is 3.21. The van der Waals surface area contributed by atoms with E-state index in [0.717, 1.165) is 17.7 Å². The molecule has 0 bridgehead atoms. The van der Waals surface area contributed by atoms with Gasteiger partial charge >= 0.3 is 0 Å². The molecule has 1 aromatic carbocycles. The van der Waals surface area contributed by atoms with Crippen LogP contribution in [-0.2, 0) is 5.75 Å². The van der Waals surface area contributed by atoms with Crippen LogP contribution in [0.5, 0.6) is 0 Å². The van der Waals surface area contributed by atoms with Crippen LogP contribution in [-0.4, -0.2) is 10.2 Å². The summed E-state index contributed by atoms with van der Waals surface area (Å²) in [6.07, 6.45) is 1.08. The lowest BCUT2D eigenvalue weighted by Gasteiger charge is -2.09. The molecule has 0 saturated carbocycles. The average Bonchev–Trinajstić information content (AvgIpc) is 2.27. The minimum atomic E-state index is -0.392. The normalized spacial score (nSPS) is 12.4. The zero-order valence-corrected chi connectivity index (χ0v) is 10.3. The number of nitrogens with two attached hydrogens (primary N) is 1. The standard InChI is InChI=1S/C11H16N2O2S/c1-3-8(2)16-7-9-6-10(13(14)15)4-5-11(9)12/h4-6,8H,3,7,12H2,1-2H3. The molecule has 0 spiro atoms. The van der Waals surface area contributed by atoms with Crippen molar-refractivity contribution >= 4 is 23.1 Å². The van der Waals surface area contributed by atoms with Crippen LogP contribution in [0.1, 0.15) is 25.8 Å². The number of hydrogen-bond donors (Lipinski definition) is 1. The van der Waals surface area contributed by atoms with E-state index >= 15 is 0 Å². The second-order valence-corrected chi connectivity index (χ2v) is 5.10. The maximum absolute atomic E-state index is 10.6. The topological polar surface area (TPSA) is 69.2 Å². The van der Waals surface area contributed by atoms with Gasteiger partial charge in [-0.15, -0.1) is 0 Å². The number of nitro groups is 1. The van der Waals surface area contributed by atoms with E-state index in [1.54, 1.807) is 23.9 Å². The van der Waals surface area contributed by atoms with Crippen LogP contribution in [0.4, 0.5) is 11.4 Å². The van der Waals surface area contributed by atoms with Crippen LogP contribution in [0.15, 0.2) is 18.2 Å². The molecule has 1 aromatic rings. The first-order valence-electron chi connectivity index (χ1n) is 5.19. The highest BCUT2D eigenvalue weighted by atomic mass is 32.2. The van der Waals surface area contributed by atoms with Gasteiger partial charge in [-0.25, -0.2) is 0 Å². The number of thioether (sulfide) groups is 1. The molecule has 1 rings (SSSR count). The molecular weight excluding hydrogens is 224 g/mol. The van der Waals surface area contributed by atoms with Gasteiger partial charge in [0.15, 0.2) is 0 Å². The summed E-state index contributed by atoms with van der Waals surface area (Å²) in [7, 11) is 0. The third-order valence-electron chi connectivity index (χ3n) is 2.44. The van der Waals surface area contributed by atoms with Gasteiger partial charge in [0.2, 0.25) is 0 Å². The Balaban J connectivity index is 2.78. The summed E-state index contributed by atoms with van der Waals surface area (Å²) in [5.41, 5.74) is 7.36. The number of hydrogen-bond acceptors (Lipinski definition) is 4. The largest absolute Gasteiger partial charge is 0.398 e. The first-order valence-corrected chi connectivity index (χ1v) is 6.23. The summed E-state index contributed by atoms with van der Waals surface area (Å²) in [5, 5.41) is 11.2. The van der Waals surface area contributed by atoms with Crippen molar-refractivity contribution in [2.45, 2.75) is 31.3 Å². The van der Waals surface area contributed by atoms with Gasteiger partial charge < -0.3 is 5.73 Å². The molecule has 1 atom stereocenters. The maximum atomic E-state index is 10.6. The summed E-state index contributed by atoms with van der Waals surface area (Å²) in [6.45, 7) is 4.26. The average molecular weight is 240 g/mol. The van der Waals surface area contributed by atoms with Crippen molar-refractivity contribution in [1.82, 2.24) is 0 Å². The molecular formula is C11H16N2O2S. The Hall–Kier alpha value is -1.23. The molecule has 16 heavy (non-hydrogen) atoms. The van der Waals surface area contributed by atoms with Gasteiger partial charge in [-0.2, -0.15) is 11.8 Å². The van der Waals surface area contributed by atoms with Gasteiger partial charge in [0.05, 0.1) is 4.92 Å². The molecule has 0 aliphatic carbocycles. The van der Waals surface area contributed by atoms with E-state index in [9.17, 15) is 10.1 Å². The molecule has 0 aromatic heterocycles. The van der Waals surface area contributed by atoms with Crippen LogP contribution in [0.2, 0.25) is 0 Å². The number of non-ortho nitro benzene ring substituents is 1. The highest BCUT2D eigenvalue weighted by Crippen LogP contribution is 2.26. The van der Waals surface area contributed by atoms with E-state index in [1.165, 1.54) is 6.07 Å². The third kappa shape index (κ3) is 3.41. The van der Waals surface area contributed by atoms with Gasteiger partial charge in [-0.05, 0) is 18.1 Å². The maximum Gasteiger partial charge on any atom is 0.269 e. The fourth-order valence-corrected chi connectivity index (χ4v) is 2.13. The number of nitrogen functional groups attached to an aromatic ring is 1. The Kier molecular flexibility index (Phi) is 4.61. The van der Waals surface area contributed by atoms with Crippen molar-refractivity contribution < 1.29 is 4.92 Å². The zero-order chi connectivity index (χ0) is 12.1. The minimum absolute atomic E-state index is 0.106. The van der Waals surface area contributed by atoms with Crippen LogP contribution in [0, 0.1) is 10.1 Å². The Labute approximate surface area is 99.4 Å². The fourth-order valence-electron chi connectivity index (χ4n) is 1.18. The molecule has 0 aliphatic rings.